The molecule has 4 aromatic rings. The minimum Gasteiger partial charge on any atom is -0.291 e. The average molecular weight is 561 g/mol. The highest BCUT2D eigenvalue weighted by Gasteiger charge is 2.52. The Hall–Kier alpha value is -4.12. The van der Waals surface area contributed by atoms with Gasteiger partial charge in [0.05, 0.1) is 40.1 Å². The molecule has 0 unspecified atom stereocenters. The number of halogens is 1. The molecule has 9 nitrogen and oxygen atoms in total. The van der Waals surface area contributed by atoms with Crippen LogP contribution < -0.4 is 4.31 Å². The second kappa shape index (κ2) is 9.51. The molecule has 2 aliphatic rings. The van der Waals surface area contributed by atoms with Gasteiger partial charge in [0.25, 0.3) is 0 Å². The van der Waals surface area contributed by atoms with E-state index < -0.39 is 20.7 Å². The summed E-state index contributed by atoms with van der Waals surface area (Å²) in [6.07, 6.45) is 9.68. The molecule has 0 bridgehead atoms. The van der Waals surface area contributed by atoms with Gasteiger partial charge in [-0.15, -0.1) is 0 Å². The van der Waals surface area contributed by atoms with Crippen LogP contribution in [0.2, 0.25) is 0 Å². The van der Waals surface area contributed by atoms with Gasteiger partial charge in [0.15, 0.2) is 5.78 Å². The Morgan fingerprint density at radius 3 is 2.62 bits per heavy atom. The van der Waals surface area contributed by atoms with Crippen molar-refractivity contribution in [3.8, 4) is 5.69 Å². The maximum Gasteiger partial charge on any atom is 0.237 e. The van der Waals surface area contributed by atoms with E-state index in [0.29, 0.717) is 36.3 Å². The largest absolute Gasteiger partial charge is 0.291 e. The van der Waals surface area contributed by atoms with Gasteiger partial charge in [0.2, 0.25) is 10.0 Å². The van der Waals surface area contributed by atoms with Crippen molar-refractivity contribution in [2.75, 3.05) is 11.4 Å². The van der Waals surface area contributed by atoms with Crippen molar-refractivity contribution in [1.82, 2.24) is 24.5 Å². The first-order chi connectivity index (χ1) is 19.1. The summed E-state index contributed by atoms with van der Waals surface area (Å²) in [5, 5.41) is 7.90. The van der Waals surface area contributed by atoms with Crippen LogP contribution in [0.25, 0.3) is 11.8 Å². The van der Waals surface area contributed by atoms with Crippen LogP contribution in [0.3, 0.4) is 0 Å². The van der Waals surface area contributed by atoms with Gasteiger partial charge in [-0.25, -0.2) is 17.5 Å². The van der Waals surface area contributed by atoms with E-state index in [1.807, 2.05) is 19.1 Å². The van der Waals surface area contributed by atoms with Crippen molar-refractivity contribution in [2.24, 2.45) is 12.5 Å². The number of pyridine rings is 1. The van der Waals surface area contributed by atoms with Crippen LogP contribution in [0.5, 0.6) is 0 Å². The van der Waals surface area contributed by atoms with E-state index in [9.17, 15) is 17.6 Å². The van der Waals surface area contributed by atoms with Gasteiger partial charge in [0.1, 0.15) is 11.5 Å². The summed E-state index contributed by atoms with van der Waals surface area (Å²) in [6, 6.07) is 9.65. The SMILES string of the molecule is Cc1ccnc(C(=O)[C@]23Cc4cnn(-c5ccc(F)cc5)c4C=C2CC[C@H](S(=O)(=O)N(C)c2cnn(C)c2)C3)c1. The van der Waals surface area contributed by atoms with Gasteiger partial charge in [-0.3, -0.25) is 18.8 Å². The Morgan fingerprint density at radius 1 is 1.15 bits per heavy atom. The quantitative estimate of drug-likeness (QED) is 0.326. The van der Waals surface area contributed by atoms with Gasteiger partial charge in [-0.05, 0) is 86.2 Å². The predicted octanol–water partition coefficient (Wildman–Crippen LogP) is 4.28. The number of carbonyl (C=O) groups excluding carboxylic acids is 1. The van der Waals surface area contributed by atoms with Crippen LogP contribution in [0, 0.1) is 18.2 Å². The number of anilines is 1. The second-order valence-electron chi connectivity index (χ2n) is 10.7. The molecule has 3 aromatic heterocycles. The molecule has 6 rings (SSSR count). The predicted molar refractivity (Wildman–Crippen MR) is 149 cm³/mol. The number of carbonyl (C=O) groups is 1. The third kappa shape index (κ3) is 4.25. The van der Waals surface area contributed by atoms with Gasteiger partial charge in [-0.2, -0.15) is 10.2 Å². The molecule has 11 heteroatoms. The summed E-state index contributed by atoms with van der Waals surface area (Å²) >= 11 is 0. The highest BCUT2D eigenvalue weighted by Crippen LogP contribution is 2.51. The Bertz CT molecular complexity index is 1760. The number of benzene rings is 1. The van der Waals surface area contributed by atoms with Crippen LogP contribution in [0.15, 0.2) is 66.8 Å². The first-order valence-corrected chi connectivity index (χ1v) is 14.6. The zero-order valence-electron chi connectivity index (χ0n) is 22.5. The lowest BCUT2D eigenvalue weighted by molar-refractivity contribution is 0.0796. The number of allylic oxidation sites excluding steroid dienone is 1. The molecular formula is C29H29FN6O3S. The van der Waals surface area contributed by atoms with Crippen LogP contribution in [0.4, 0.5) is 10.1 Å². The van der Waals surface area contributed by atoms with Crippen molar-refractivity contribution in [3.63, 3.8) is 0 Å². The molecule has 0 amide bonds. The maximum atomic E-state index is 14.4. The molecule has 0 N–H and O–H groups in total. The first kappa shape index (κ1) is 26.1. The molecule has 0 saturated heterocycles. The van der Waals surface area contributed by atoms with Gasteiger partial charge in [-0.1, -0.05) is 5.57 Å². The minimum atomic E-state index is -3.81. The molecule has 40 heavy (non-hydrogen) atoms. The lowest BCUT2D eigenvalue weighted by Gasteiger charge is -2.44. The normalized spacial score (nSPS) is 20.4. The summed E-state index contributed by atoms with van der Waals surface area (Å²) in [7, 11) is -0.550. The smallest absolute Gasteiger partial charge is 0.237 e. The topological polar surface area (TPSA) is 103 Å². The standard InChI is InChI=1S/C29H29FN6O3S/c1-19-10-11-31-26(12-19)28(37)29-14-20-16-33-36(23-7-5-22(30)6-8-23)27(20)13-21(29)4-9-25(15-29)40(38,39)35(3)24-17-32-34(2)18-24/h5-8,10-13,16-18,25H,4,9,14-15H2,1-3H3/t25-,29-/m0/s1. The van der Waals surface area contributed by atoms with Crippen molar-refractivity contribution in [3.05, 3.63) is 95.1 Å². The van der Waals surface area contributed by atoms with Crippen LogP contribution >= 0.6 is 0 Å². The molecule has 3 heterocycles. The minimum absolute atomic E-state index is 0.126. The summed E-state index contributed by atoms with van der Waals surface area (Å²) < 4.78 is 45.9. The molecule has 0 spiro atoms. The highest BCUT2D eigenvalue weighted by atomic mass is 32.2. The van der Waals surface area contributed by atoms with Gasteiger partial charge in [0, 0.05) is 26.5 Å². The average Bonchev–Trinajstić information content (AvgIpc) is 3.56. The summed E-state index contributed by atoms with van der Waals surface area (Å²) in [5.41, 5.74) is 3.81. The Balaban J connectivity index is 1.43. The Morgan fingerprint density at radius 2 is 1.93 bits per heavy atom. The lowest BCUT2D eigenvalue weighted by Crippen LogP contribution is -2.48. The van der Waals surface area contributed by atoms with Gasteiger partial charge < -0.3 is 0 Å². The molecule has 1 saturated carbocycles. The fraction of sp³-hybridized carbons (Fsp3) is 0.310. The number of sulfonamides is 1. The van der Waals surface area contributed by atoms with Crippen molar-refractivity contribution in [2.45, 2.75) is 37.9 Å². The highest BCUT2D eigenvalue weighted by molar-refractivity contribution is 7.93. The number of hydrogen-bond donors (Lipinski definition) is 0. The molecule has 2 aliphatic carbocycles. The maximum absolute atomic E-state index is 14.4. The molecule has 2 atom stereocenters. The Kier molecular flexibility index (Phi) is 6.21. The molecular weight excluding hydrogens is 531 g/mol. The zero-order chi connectivity index (χ0) is 28.2. The molecule has 206 valence electrons. The summed E-state index contributed by atoms with van der Waals surface area (Å²) in [5.74, 6) is -0.527. The van der Waals surface area contributed by atoms with E-state index in [2.05, 4.69) is 15.2 Å². The fourth-order valence-electron chi connectivity index (χ4n) is 5.95. The van der Waals surface area contributed by atoms with Crippen molar-refractivity contribution in [1.29, 1.82) is 0 Å². The number of aromatic nitrogens is 5. The van der Waals surface area contributed by atoms with Crippen molar-refractivity contribution < 1.29 is 17.6 Å². The number of hydrogen-bond acceptors (Lipinski definition) is 6. The summed E-state index contributed by atoms with van der Waals surface area (Å²) in [4.78, 5) is 18.7. The first-order valence-electron chi connectivity index (χ1n) is 13.1. The number of aryl methyl sites for hydroxylation is 2. The zero-order valence-corrected chi connectivity index (χ0v) is 23.3. The van der Waals surface area contributed by atoms with Crippen LogP contribution in [-0.4, -0.2) is 51.0 Å². The Labute approximate surface area is 232 Å². The number of Topliss-reactive ketones (excluding diaryl/α,β-unsaturated/α-hetero) is 1. The molecule has 1 aromatic carbocycles. The van der Waals surface area contributed by atoms with E-state index in [4.69, 9.17) is 0 Å². The number of nitrogens with zero attached hydrogens (tertiary/aromatic N) is 6. The third-order valence-electron chi connectivity index (χ3n) is 8.13. The molecule has 0 aliphatic heterocycles. The number of fused-ring (bicyclic) bond motifs is 2. The molecule has 0 radical (unpaired) electrons. The van der Waals surface area contributed by atoms with E-state index in [1.54, 1.807) is 53.2 Å². The van der Waals surface area contributed by atoms with Gasteiger partial charge >= 0.3 is 0 Å². The second-order valence-corrected chi connectivity index (χ2v) is 12.9. The monoisotopic (exact) mass is 560 g/mol. The van der Waals surface area contributed by atoms with Crippen LogP contribution in [-0.2, 0) is 23.5 Å². The fourth-order valence-corrected chi connectivity index (χ4v) is 7.70. The summed E-state index contributed by atoms with van der Waals surface area (Å²) in [6.45, 7) is 1.90. The number of ketones is 1. The van der Waals surface area contributed by atoms with E-state index in [-0.39, 0.29) is 18.0 Å². The van der Waals surface area contributed by atoms with E-state index in [0.717, 1.165) is 22.4 Å². The number of rotatable bonds is 6. The van der Waals surface area contributed by atoms with E-state index in [1.165, 1.54) is 29.7 Å². The molecule has 1 fully saturated rings. The van der Waals surface area contributed by atoms with Crippen molar-refractivity contribution >= 4 is 27.6 Å². The third-order valence-corrected chi connectivity index (χ3v) is 10.3. The van der Waals surface area contributed by atoms with Crippen LogP contribution in [0.1, 0.15) is 46.6 Å². The lowest BCUT2D eigenvalue weighted by atomic mass is 9.61. The van der Waals surface area contributed by atoms with E-state index >= 15 is 0 Å².